The van der Waals surface area contributed by atoms with Gasteiger partial charge in [0.25, 0.3) is 0 Å². The molecule has 0 spiro atoms. The van der Waals surface area contributed by atoms with E-state index in [9.17, 15) is 5.11 Å². The maximum absolute atomic E-state index is 10.1. The average molecular weight is 298 g/mol. The zero-order valence-corrected chi connectivity index (χ0v) is 11.8. The lowest BCUT2D eigenvalue weighted by molar-refractivity contribution is 0.180. The molecular weight excluding hydrogens is 285 g/mol. The van der Waals surface area contributed by atoms with Gasteiger partial charge in [-0.25, -0.2) is 4.98 Å². The smallest absolute Gasteiger partial charge is 0.154 e. The van der Waals surface area contributed by atoms with Gasteiger partial charge in [-0.3, -0.25) is 4.98 Å². The van der Waals surface area contributed by atoms with Crippen molar-refractivity contribution < 1.29 is 5.11 Å². The highest BCUT2D eigenvalue weighted by Gasteiger charge is 2.14. The molecule has 0 amide bonds. The van der Waals surface area contributed by atoms with Crippen LogP contribution in [0.15, 0.2) is 36.5 Å². The highest BCUT2D eigenvalue weighted by molar-refractivity contribution is 6.34. The first-order chi connectivity index (χ1) is 9.08. The highest BCUT2D eigenvalue weighted by Crippen LogP contribution is 2.26. The number of hydrogen-bond acceptors (Lipinski definition) is 4. The van der Waals surface area contributed by atoms with Crippen LogP contribution in [0.4, 0.5) is 5.69 Å². The Balaban J connectivity index is 2.10. The average Bonchev–Trinajstić information content (AvgIpc) is 2.39. The predicted molar refractivity (Wildman–Crippen MR) is 76.7 cm³/mol. The van der Waals surface area contributed by atoms with Gasteiger partial charge in [0.05, 0.1) is 11.4 Å². The normalized spacial score (nSPS) is 12.2. The van der Waals surface area contributed by atoms with Crippen molar-refractivity contribution in [1.29, 1.82) is 0 Å². The Kier molecular flexibility index (Phi) is 4.58. The molecule has 2 heterocycles. The minimum Gasteiger partial charge on any atom is -0.385 e. The molecule has 100 valence electrons. The Labute approximate surface area is 121 Å². The summed E-state index contributed by atoms with van der Waals surface area (Å²) in [6.07, 6.45) is 0.952. The summed E-state index contributed by atoms with van der Waals surface area (Å²) in [4.78, 5) is 9.89. The number of hydrogen-bond donors (Lipinski definition) is 1. The van der Waals surface area contributed by atoms with E-state index >= 15 is 0 Å². The molecule has 0 aliphatic carbocycles. The number of pyridine rings is 2. The molecule has 0 aliphatic rings. The molecule has 2 aromatic heterocycles. The van der Waals surface area contributed by atoms with E-state index in [4.69, 9.17) is 23.2 Å². The summed E-state index contributed by atoms with van der Waals surface area (Å²) in [5, 5.41) is 10.8. The van der Waals surface area contributed by atoms with Gasteiger partial charge in [0.15, 0.2) is 5.15 Å². The molecule has 0 fully saturated rings. The SMILES string of the molecule is CN(CC(O)c1ccccn1)c1ccc(Cl)nc1Cl. The Morgan fingerprint density at radius 2 is 2.05 bits per heavy atom. The molecule has 2 rings (SSSR count). The van der Waals surface area contributed by atoms with Crippen LogP contribution in [-0.4, -0.2) is 28.7 Å². The van der Waals surface area contributed by atoms with Crippen LogP contribution >= 0.6 is 23.2 Å². The Hall–Kier alpha value is -1.36. The van der Waals surface area contributed by atoms with Gasteiger partial charge in [0, 0.05) is 19.8 Å². The molecule has 4 nitrogen and oxygen atoms in total. The first-order valence-corrected chi connectivity index (χ1v) is 6.45. The molecule has 0 saturated carbocycles. The van der Waals surface area contributed by atoms with Gasteiger partial charge in [-0.1, -0.05) is 29.3 Å². The number of aromatic nitrogens is 2. The molecule has 19 heavy (non-hydrogen) atoms. The van der Waals surface area contributed by atoms with Crippen molar-refractivity contribution in [3.63, 3.8) is 0 Å². The van der Waals surface area contributed by atoms with Gasteiger partial charge >= 0.3 is 0 Å². The molecule has 0 bridgehead atoms. The number of likely N-dealkylation sites (N-methyl/N-ethyl adjacent to an activating group) is 1. The maximum atomic E-state index is 10.1. The summed E-state index contributed by atoms with van der Waals surface area (Å²) >= 11 is 11.8. The standard InChI is InChI=1S/C13H13Cl2N3O/c1-18(10-5-6-12(14)17-13(10)15)8-11(19)9-4-2-3-7-16-9/h2-7,11,19H,8H2,1H3. The molecule has 6 heteroatoms. The minimum atomic E-state index is -0.696. The largest absolute Gasteiger partial charge is 0.385 e. The number of anilines is 1. The summed E-state index contributed by atoms with van der Waals surface area (Å²) in [5.74, 6) is 0. The van der Waals surface area contributed by atoms with Crippen LogP contribution in [0.2, 0.25) is 10.3 Å². The fourth-order valence-electron chi connectivity index (χ4n) is 1.71. The Morgan fingerprint density at radius 3 is 2.68 bits per heavy atom. The van der Waals surface area contributed by atoms with Crippen molar-refractivity contribution in [1.82, 2.24) is 9.97 Å². The van der Waals surface area contributed by atoms with Crippen LogP contribution in [0.25, 0.3) is 0 Å². The van der Waals surface area contributed by atoms with Crippen molar-refractivity contribution >= 4 is 28.9 Å². The van der Waals surface area contributed by atoms with Gasteiger partial charge in [0.1, 0.15) is 11.3 Å². The van der Waals surface area contributed by atoms with E-state index in [-0.39, 0.29) is 0 Å². The third kappa shape index (κ3) is 3.56. The molecule has 0 aliphatic heterocycles. The van der Waals surface area contributed by atoms with Crippen molar-refractivity contribution in [3.8, 4) is 0 Å². The summed E-state index contributed by atoms with van der Waals surface area (Å²) in [6, 6.07) is 8.84. The van der Waals surface area contributed by atoms with Crippen LogP contribution in [-0.2, 0) is 0 Å². The van der Waals surface area contributed by atoms with Crippen LogP contribution in [0, 0.1) is 0 Å². The van der Waals surface area contributed by atoms with Gasteiger partial charge in [-0.05, 0) is 24.3 Å². The van der Waals surface area contributed by atoms with Crippen molar-refractivity contribution in [2.24, 2.45) is 0 Å². The monoisotopic (exact) mass is 297 g/mol. The van der Waals surface area contributed by atoms with Gasteiger partial charge in [-0.15, -0.1) is 0 Å². The maximum Gasteiger partial charge on any atom is 0.154 e. The highest BCUT2D eigenvalue weighted by atomic mass is 35.5. The van der Waals surface area contributed by atoms with E-state index in [1.807, 2.05) is 18.0 Å². The molecule has 1 atom stereocenters. The number of rotatable bonds is 4. The quantitative estimate of drug-likeness (QED) is 0.882. The number of halogens is 2. The fraction of sp³-hybridized carbons (Fsp3) is 0.231. The summed E-state index contributed by atoms with van der Waals surface area (Å²) in [7, 11) is 1.82. The molecule has 1 unspecified atom stereocenters. The second-order valence-corrected chi connectivity index (χ2v) is 4.84. The molecule has 0 aromatic carbocycles. The van der Waals surface area contributed by atoms with Gasteiger partial charge in [0.2, 0.25) is 0 Å². The van der Waals surface area contributed by atoms with Crippen molar-refractivity contribution in [2.75, 3.05) is 18.5 Å². The third-order valence-corrected chi connectivity index (χ3v) is 3.17. The minimum absolute atomic E-state index is 0.309. The second-order valence-electron chi connectivity index (χ2n) is 4.09. The zero-order chi connectivity index (χ0) is 13.8. The van der Waals surface area contributed by atoms with E-state index in [2.05, 4.69) is 9.97 Å². The number of aliphatic hydroxyl groups is 1. The number of aliphatic hydroxyl groups excluding tert-OH is 1. The van der Waals surface area contributed by atoms with E-state index in [0.29, 0.717) is 28.2 Å². The van der Waals surface area contributed by atoms with Crippen LogP contribution < -0.4 is 4.90 Å². The molecule has 2 aromatic rings. The van der Waals surface area contributed by atoms with Crippen molar-refractivity contribution in [3.05, 3.63) is 52.5 Å². The second kappa shape index (κ2) is 6.19. The lowest BCUT2D eigenvalue weighted by Gasteiger charge is -2.23. The van der Waals surface area contributed by atoms with Crippen LogP contribution in [0.5, 0.6) is 0 Å². The fourth-order valence-corrected chi connectivity index (χ4v) is 2.20. The first-order valence-electron chi connectivity index (χ1n) is 5.70. The molecular formula is C13H13Cl2N3O. The molecule has 1 N–H and O–H groups in total. The van der Waals surface area contributed by atoms with E-state index in [0.717, 1.165) is 0 Å². The summed E-state index contributed by atoms with van der Waals surface area (Å²) in [6.45, 7) is 0.361. The van der Waals surface area contributed by atoms with Gasteiger partial charge in [-0.2, -0.15) is 0 Å². The van der Waals surface area contributed by atoms with E-state index in [1.165, 1.54) is 0 Å². The lowest BCUT2D eigenvalue weighted by Crippen LogP contribution is -2.25. The molecule has 0 saturated heterocycles. The van der Waals surface area contributed by atoms with Gasteiger partial charge < -0.3 is 10.0 Å². The van der Waals surface area contributed by atoms with Crippen LogP contribution in [0.1, 0.15) is 11.8 Å². The number of nitrogens with zero attached hydrogens (tertiary/aromatic N) is 3. The van der Waals surface area contributed by atoms with Crippen LogP contribution in [0.3, 0.4) is 0 Å². The molecule has 0 radical (unpaired) electrons. The zero-order valence-electron chi connectivity index (χ0n) is 10.3. The summed E-state index contributed by atoms with van der Waals surface area (Å²) in [5.41, 5.74) is 1.33. The van der Waals surface area contributed by atoms with E-state index in [1.54, 1.807) is 30.5 Å². The first kappa shape index (κ1) is 14.1. The van der Waals surface area contributed by atoms with Crippen molar-refractivity contribution in [2.45, 2.75) is 6.10 Å². The third-order valence-electron chi connectivity index (χ3n) is 2.68. The Morgan fingerprint density at radius 1 is 1.26 bits per heavy atom. The predicted octanol–water partition coefficient (Wildman–Crippen LogP) is 2.95. The van der Waals surface area contributed by atoms with E-state index < -0.39 is 6.10 Å². The summed E-state index contributed by atoms with van der Waals surface area (Å²) < 4.78 is 0. The topological polar surface area (TPSA) is 49.2 Å². The lowest BCUT2D eigenvalue weighted by atomic mass is 10.2. The Bertz CT molecular complexity index is 551.